The van der Waals surface area contributed by atoms with Gasteiger partial charge in [0.25, 0.3) is 0 Å². The molecule has 4 aliphatic heterocycles. The van der Waals surface area contributed by atoms with Gasteiger partial charge in [0.2, 0.25) is 5.91 Å². The maximum atomic E-state index is 11.9. The minimum Gasteiger partial charge on any atom is -0.358 e. The number of fused-ring (bicyclic) bond motifs is 2. The monoisotopic (exact) mass is 219 g/mol. The van der Waals surface area contributed by atoms with Crippen LogP contribution in [0.1, 0.15) is 32.6 Å². The molecular weight excluding hydrogens is 202 g/mol. The average molecular weight is 219 g/mol. The van der Waals surface area contributed by atoms with Crippen molar-refractivity contribution in [1.82, 2.24) is 4.90 Å². The maximum absolute atomic E-state index is 11.9. The fourth-order valence-electron chi connectivity index (χ4n) is 4.27. The number of carbonyl (C=O) groups excluding carboxylic acids is 1. The molecule has 0 saturated carbocycles. The third-order valence-corrected chi connectivity index (χ3v) is 4.90. The van der Waals surface area contributed by atoms with Crippen molar-refractivity contribution in [3.63, 3.8) is 0 Å². The molecule has 3 saturated heterocycles. The Kier molecular flexibility index (Phi) is 1.46. The van der Waals surface area contributed by atoms with E-state index in [0.717, 1.165) is 32.2 Å². The predicted octanol–water partition coefficient (Wildman–Crippen LogP) is 1.48. The van der Waals surface area contributed by atoms with Crippen molar-refractivity contribution in [3.05, 3.63) is 12.2 Å². The zero-order chi connectivity index (χ0) is 11.0. The zero-order valence-corrected chi connectivity index (χ0v) is 9.61. The van der Waals surface area contributed by atoms with Gasteiger partial charge in [-0.25, -0.2) is 0 Å². The molecule has 4 heterocycles. The molecule has 0 N–H and O–H groups in total. The standard InChI is InChI=1S/C13H17NO2/c1-12-5-6-13(16-12)9(7-12)8-14-10(13)3-2-4-11(14)15/h5-6,9-10H,2-4,7-8H2,1H3. The van der Waals surface area contributed by atoms with Crippen LogP contribution >= 0.6 is 0 Å². The van der Waals surface area contributed by atoms with E-state index in [1.807, 2.05) is 0 Å². The fraction of sp³-hybridized carbons (Fsp3) is 0.769. The molecule has 0 aromatic rings. The lowest BCUT2D eigenvalue weighted by Crippen LogP contribution is -2.49. The van der Waals surface area contributed by atoms with Gasteiger partial charge in [0.1, 0.15) is 5.60 Å². The van der Waals surface area contributed by atoms with E-state index in [0.29, 0.717) is 17.9 Å². The van der Waals surface area contributed by atoms with E-state index < -0.39 is 0 Å². The summed E-state index contributed by atoms with van der Waals surface area (Å²) in [6.45, 7) is 3.09. The molecule has 3 nitrogen and oxygen atoms in total. The second kappa shape index (κ2) is 2.53. The normalized spacial score (nSPS) is 53.3. The highest BCUT2D eigenvalue weighted by Gasteiger charge is 2.65. The highest BCUT2D eigenvalue weighted by Crippen LogP contribution is 2.57. The summed E-state index contributed by atoms with van der Waals surface area (Å²) < 4.78 is 6.28. The lowest BCUT2D eigenvalue weighted by Gasteiger charge is -2.37. The molecule has 3 heteroatoms. The van der Waals surface area contributed by atoms with Crippen molar-refractivity contribution in [1.29, 1.82) is 0 Å². The van der Waals surface area contributed by atoms with Crippen LogP contribution in [0.15, 0.2) is 12.2 Å². The molecule has 1 amide bonds. The quantitative estimate of drug-likeness (QED) is 0.578. The first-order valence-corrected chi connectivity index (χ1v) is 6.33. The van der Waals surface area contributed by atoms with Crippen molar-refractivity contribution in [3.8, 4) is 0 Å². The van der Waals surface area contributed by atoms with E-state index in [1.54, 1.807) is 0 Å². The number of carbonyl (C=O) groups is 1. The highest BCUT2D eigenvalue weighted by atomic mass is 16.5. The Hall–Kier alpha value is -0.830. The summed E-state index contributed by atoms with van der Waals surface area (Å²) in [4.78, 5) is 14.0. The first-order chi connectivity index (χ1) is 7.63. The van der Waals surface area contributed by atoms with Gasteiger partial charge >= 0.3 is 0 Å². The molecule has 2 bridgehead atoms. The number of hydrogen-bond acceptors (Lipinski definition) is 2. The van der Waals surface area contributed by atoms with Gasteiger partial charge in [0, 0.05) is 18.9 Å². The number of rotatable bonds is 0. The molecule has 3 fully saturated rings. The summed E-state index contributed by atoms with van der Waals surface area (Å²) in [5.74, 6) is 0.875. The summed E-state index contributed by atoms with van der Waals surface area (Å²) in [5, 5.41) is 0. The van der Waals surface area contributed by atoms with E-state index in [1.165, 1.54) is 0 Å². The number of amides is 1. The van der Waals surface area contributed by atoms with Crippen LogP contribution in [0.25, 0.3) is 0 Å². The van der Waals surface area contributed by atoms with Crippen molar-refractivity contribution in [2.45, 2.75) is 49.9 Å². The molecule has 4 aliphatic rings. The molecule has 0 aromatic heterocycles. The highest BCUT2D eigenvalue weighted by molar-refractivity contribution is 5.78. The van der Waals surface area contributed by atoms with Crippen molar-refractivity contribution in [2.24, 2.45) is 5.92 Å². The number of hydrogen-bond donors (Lipinski definition) is 0. The Bertz CT molecular complexity index is 405. The predicted molar refractivity (Wildman–Crippen MR) is 58.8 cm³/mol. The second-order valence-corrected chi connectivity index (χ2v) is 5.96. The van der Waals surface area contributed by atoms with E-state index in [-0.39, 0.29) is 11.2 Å². The van der Waals surface area contributed by atoms with E-state index in [9.17, 15) is 4.79 Å². The Balaban J connectivity index is 1.77. The molecule has 4 rings (SSSR count). The van der Waals surface area contributed by atoms with Crippen molar-refractivity contribution < 1.29 is 9.53 Å². The lowest BCUT2D eigenvalue weighted by molar-refractivity contribution is -0.139. The summed E-state index contributed by atoms with van der Waals surface area (Å²) in [6.07, 6.45) is 8.44. The molecular formula is C13H17NO2. The first-order valence-electron chi connectivity index (χ1n) is 6.33. The minimum absolute atomic E-state index is 0.0444. The third-order valence-electron chi connectivity index (χ3n) is 4.90. The Morgan fingerprint density at radius 3 is 3.19 bits per heavy atom. The fourth-order valence-corrected chi connectivity index (χ4v) is 4.27. The smallest absolute Gasteiger partial charge is 0.222 e. The van der Waals surface area contributed by atoms with Gasteiger partial charge in [-0.2, -0.15) is 0 Å². The topological polar surface area (TPSA) is 29.5 Å². The molecule has 0 aliphatic carbocycles. The molecule has 86 valence electrons. The third kappa shape index (κ3) is 0.877. The summed E-state index contributed by atoms with van der Waals surface area (Å²) in [7, 11) is 0. The SMILES string of the molecule is CC12C=CC3(O1)C(CN1C(=O)CCCC13)C2. The molecule has 4 unspecified atom stereocenters. The van der Waals surface area contributed by atoms with Crippen molar-refractivity contribution >= 4 is 5.91 Å². The number of ether oxygens (including phenoxy) is 1. The summed E-state index contributed by atoms with van der Waals surface area (Å²) >= 11 is 0. The van der Waals surface area contributed by atoms with Crippen LogP contribution in [-0.4, -0.2) is 34.6 Å². The van der Waals surface area contributed by atoms with Crippen LogP contribution in [0.3, 0.4) is 0 Å². The second-order valence-electron chi connectivity index (χ2n) is 5.96. The van der Waals surface area contributed by atoms with E-state index >= 15 is 0 Å². The lowest BCUT2D eigenvalue weighted by atomic mass is 9.77. The van der Waals surface area contributed by atoms with E-state index in [4.69, 9.17) is 4.74 Å². The summed E-state index contributed by atoms with van der Waals surface area (Å²) in [6, 6.07) is 0.319. The van der Waals surface area contributed by atoms with Gasteiger partial charge in [-0.15, -0.1) is 0 Å². The van der Waals surface area contributed by atoms with Gasteiger partial charge in [0.15, 0.2) is 0 Å². The van der Waals surface area contributed by atoms with Crippen LogP contribution in [0, 0.1) is 5.92 Å². The maximum Gasteiger partial charge on any atom is 0.222 e. The van der Waals surface area contributed by atoms with Gasteiger partial charge in [0.05, 0.1) is 11.6 Å². The average Bonchev–Trinajstić information content (AvgIpc) is 2.81. The minimum atomic E-state index is -0.120. The molecule has 16 heavy (non-hydrogen) atoms. The number of piperidine rings is 1. The van der Waals surface area contributed by atoms with Gasteiger partial charge in [-0.3, -0.25) is 4.79 Å². The van der Waals surface area contributed by atoms with Crippen LogP contribution in [0.5, 0.6) is 0 Å². The van der Waals surface area contributed by atoms with Gasteiger partial charge < -0.3 is 9.64 Å². The largest absolute Gasteiger partial charge is 0.358 e. The summed E-state index contributed by atoms with van der Waals surface area (Å²) in [5.41, 5.74) is -0.165. The zero-order valence-electron chi connectivity index (χ0n) is 9.61. The van der Waals surface area contributed by atoms with Crippen LogP contribution in [0.4, 0.5) is 0 Å². The van der Waals surface area contributed by atoms with Crippen molar-refractivity contribution in [2.75, 3.05) is 6.54 Å². The Labute approximate surface area is 95.4 Å². The van der Waals surface area contributed by atoms with Gasteiger partial charge in [-0.05, 0) is 26.2 Å². The van der Waals surface area contributed by atoms with Gasteiger partial charge in [-0.1, -0.05) is 12.2 Å². The Morgan fingerprint density at radius 2 is 2.38 bits per heavy atom. The number of nitrogens with zero attached hydrogens (tertiary/aromatic N) is 1. The van der Waals surface area contributed by atoms with Crippen LogP contribution in [0.2, 0.25) is 0 Å². The molecule has 0 radical (unpaired) electrons. The van der Waals surface area contributed by atoms with Crippen LogP contribution in [-0.2, 0) is 9.53 Å². The first kappa shape index (κ1) is 9.23. The molecule has 0 aromatic carbocycles. The van der Waals surface area contributed by atoms with E-state index in [2.05, 4.69) is 24.0 Å². The van der Waals surface area contributed by atoms with Crippen LogP contribution < -0.4 is 0 Å². The Morgan fingerprint density at radius 1 is 1.50 bits per heavy atom. The molecule has 4 atom stereocenters. The molecule has 1 spiro atoms.